The normalized spacial score (nSPS) is 15.4. The molecule has 7 heteroatoms. The fourth-order valence-corrected chi connectivity index (χ4v) is 2.03. The first-order valence-electron chi connectivity index (χ1n) is 5.69. The van der Waals surface area contributed by atoms with E-state index in [0.717, 1.165) is 0 Å². The summed E-state index contributed by atoms with van der Waals surface area (Å²) in [5, 5.41) is 12.5. The fraction of sp³-hybridized carbons (Fsp3) is 0.154. The van der Waals surface area contributed by atoms with Gasteiger partial charge in [0.2, 0.25) is 0 Å². The minimum absolute atomic E-state index is 0.0180. The number of halogens is 2. The van der Waals surface area contributed by atoms with Gasteiger partial charge in [0.25, 0.3) is 0 Å². The van der Waals surface area contributed by atoms with Crippen molar-refractivity contribution in [2.75, 3.05) is 11.9 Å². The molecule has 0 aliphatic carbocycles. The van der Waals surface area contributed by atoms with Crippen LogP contribution in [0.1, 0.15) is 6.92 Å². The van der Waals surface area contributed by atoms with E-state index in [2.05, 4.69) is 10.3 Å². The van der Waals surface area contributed by atoms with Crippen LogP contribution in [0, 0.1) is 11.3 Å². The van der Waals surface area contributed by atoms with Gasteiger partial charge >= 0.3 is 5.97 Å². The summed E-state index contributed by atoms with van der Waals surface area (Å²) < 4.78 is 4.81. The second kappa shape index (κ2) is 5.95. The molecule has 0 aromatic heterocycles. The third-order valence-corrected chi connectivity index (χ3v) is 2.99. The molecule has 2 rings (SSSR count). The number of rotatable bonds is 2. The number of carbonyl (C=O) groups excluding carboxylic acids is 1. The monoisotopic (exact) mass is 309 g/mol. The quantitative estimate of drug-likeness (QED) is 0.516. The van der Waals surface area contributed by atoms with Gasteiger partial charge < -0.3 is 10.1 Å². The Bertz CT molecular complexity index is 675. The molecule has 1 aliphatic heterocycles. The van der Waals surface area contributed by atoms with Crippen LogP contribution in [-0.4, -0.2) is 17.7 Å². The van der Waals surface area contributed by atoms with Crippen LogP contribution in [0.2, 0.25) is 5.02 Å². The van der Waals surface area contributed by atoms with E-state index in [4.69, 9.17) is 33.2 Å². The van der Waals surface area contributed by atoms with E-state index in [1.807, 2.05) is 0 Å². The van der Waals surface area contributed by atoms with Crippen LogP contribution in [0.25, 0.3) is 0 Å². The van der Waals surface area contributed by atoms with Crippen LogP contribution in [0.3, 0.4) is 0 Å². The van der Waals surface area contributed by atoms with Gasteiger partial charge in [-0.15, -0.1) is 0 Å². The number of ether oxygens (including phenoxy) is 1. The second-order valence-electron chi connectivity index (χ2n) is 3.77. The first-order chi connectivity index (χ1) is 9.56. The average molecular weight is 310 g/mol. The summed E-state index contributed by atoms with van der Waals surface area (Å²) in [5.41, 5.74) is 1.02. The molecular formula is C13H9Cl2N3O2. The molecule has 0 atom stereocenters. The molecular weight excluding hydrogens is 301 g/mol. The predicted octanol–water partition coefficient (Wildman–Crippen LogP) is 3.38. The molecule has 0 radical (unpaired) electrons. The summed E-state index contributed by atoms with van der Waals surface area (Å²) in [7, 11) is 0. The van der Waals surface area contributed by atoms with Crippen molar-refractivity contribution in [1.82, 2.24) is 0 Å². The molecule has 0 amide bonds. The SMILES string of the molecule is CCOC(=O)C(C#N)=C1Nc2cc(Cl)ccc2N=C1Cl. The van der Waals surface area contributed by atoms with Crippen molar-refractivity contribution >= 4 is 45.7 Å². The maximum atomic E-state index is 11.7. The van der Waals surface area contributed by atoms with Gasteiger partial charge in [-0.25, -0.2) is 9.79 Å². The van der Waals surface area contributed by atoms with Crippen LogP contribution >= 0.6 is 23.2 Å². The molecule has 1 heterocycles. The molecule has 0 bridgehead atoms. The molecule has 5 nitrogen and oxygen atoms in total. The Balaban J connectivity index is 2.50. The zero-order chi connectivity index (χ0) is 14.7. The minimum Gasteiger partial charge on any atom is -0.462 e. The Kier molecular flexibility index (Phi) is 4.28. The lowest BCUT2D eigenvalue weighted by atomic mass is 10.1. The van der Waals surface area contributed by atoms with Crippen LogP contribution in [-0.2, 0) is 9.53 Å². The lowest BCUT2D eigenvalue weighted by Crippen LogP contribution is -2.18. The summed E-state index contributed by atoms with van der Waals surface area (Å²) >= 11 is 11.9. The first kappa shape index (κ1) is 14.4. The van der Waals surface area contributed by atoms with Gasteiger partial charge in [0.15, 0.2) is 10.7 Å². The van der Waals surface area contributed by atoms with E-state index in [1.54, 1.807) is 31.2 Å². The molecule has 0 fully saturated rings. The molecule has 1 aromatic carbocycles. The summed E-state index contributed by atoms with van der Waals surface area (Å²) in [6.45, 7) is 1.81. The second-order valence-corrected chi connectivity index (χ2v) is 4.57. The predicted molar refractivity (Wildman–Crippen MR) is 77.3 cm³/mol. The van der Waals surface area contributed by atoms with Crippen molar-refractivity contribution < 1.29 is 9.53 Å². The number of aliphatic imine (C=N–C) groups is 1. The lowest BCUT2D eigenvalue weighted by molar-refractivity contribution is -0.138. The molecule has 0 spiro atoms. The van der Waals surface area contributed by atoms with E-state index >= 15 is 0 Å². The molecule has 0 saturated carbocycles. The highest BCUT2D eigenvalue weighted by atomic mass is 35.5. The van der Waals surface area contributed by atoms with Crippen molar-refractivity contribution in [3.05, 3.63) is 34.5 Å². The number of esters is 1. The molecule has 1 N–H and O–H groups in total. The topological polar surface area (TPSA) is 74.5 Å². The van der Waals surface area contributed by atoms with Crippen molar-refractivity contribution in [1.29, 1.82) is 5.26 Å². The Morgan fingerprint density at radius 3 is 2.90 bits per heavy atom. The largest absolute Gasteiger partial charge is 0.462 e. The highest BCUT2D eigenvalue weighted by Gasteiger charge is 2.24. The third-order valence-electron chi connectivity index (χ3n) is 2.48. The number of allylic oxidation sites excluding steroid dienone is 1. The maximum Gasteiger partial charge on any atom is 0.351 e. The number of nitriles is 1. The molecule has 1 aliphatic rings. The Morgan fingerprint density at radius 2 is 2.25 bits per heavy atom. The van der Waals surface area contributed by atoms with Crippen molar-refractivity contribution in [3.8, 4) is 6.07 Å². The Labute approximate surface area is 125 Å². The van der Waals surface area contributed by atoms with Crippen LogP contribution in [0.15, 0.2) is 34.5 Å². The highest BCUT2D eigenvalue weighted by Crippen LogP contribution is 2.35. The zero-order valence-electron chi connectivity index (χ0n) is 10.4. The number of hydrogen-bond acceptors (Lipinski definition) is 5. The third kappa shape index (κ3) is 2.77. The van der Waals surface area contributed by atoms with Gasteiger partial charge in [0.05, 0.1) is 18.0 Å². The maximum absolute atomic E-state index is 11.7. The van der Waals surface area contributed by atoms with Gasteiger partial charge in [-0.05, 0) is 25.1 Å². The first-order valence-corrected chi connectivity index (χ1v) is 6.45. The minimum atomic E-state index is -0.753. The standard InChI is InChI=1S/C13H9Cl2N3O2/c1-2-20-13(19)8(6-16)11-12(15)18-9-4-3-7(14)5-10(9)17-11/h3-5,17H,2H2,1H3. The van der Waals surface area contributed by atoms with Gasteiger partial charge in [-0.1, -0.05) is 23.2 Å². The number of hydrogen-bond donors (Lipinski definition) is 1. The number of nitrogens with one attached hydrogen (secondary N) is 1. The Morgan fingerprint density at radius 1 is 1.50 bits per heavy atom. The zero-order valence-corrected chi connectivity index (χ0v) is 11.9. The molecule has 1 aromatic rings. The van der Waals surface area contributed by atoms with Gasteiger partial charge in [-0.2, -0.15) is 5.26 Å². The van der Waals surface area contributed by atoms with Gasteiger partial charge in [0, 0.05) is 5.02 Å². The highest BCUT2D eigenvalue weighted by molar-refractivity contribution is 6.70. The van der Waals surface area contributed by atoms with Crippen LogP contribution in [0.4, 0.5) is 11.4 Å². The van der Waals surface area contributed by atoms with E-state index in [0.29, 0.717) is 16.4 Å². The van der Waals surface area contributed by atoms with Crippen LogP contribution < -0.4 is 5.32 Å². The summed E-state index contributed by atoms with van der Waals surface area (Å²) in [5.74, 6) is -0.753. The van der Waals surface area contributed by atoms with E-state index in [9.17, 15) is 4.79 Å². The Hall–Kier alpha value is -2.03. The van der Waals surface area contributed by atoms with Crippen LogP contribution in [0.5, 0.6) is 0 Å². The average Bonchev–Trinajstić information content (AvgIpc) is 2.41. The lowest BCUT2D eigenvalue weighted by Gasteiger charge is -2.18. The molecule has 0 saturated heterocycles. The van der Waals surface area contributed by atoms with E-state index in [1.165, 1.54) is 0 Å². The fourth-order valence-electron chi connectivity index (χ4n) is 1.63. The summed E-state index contributed by atoms with van der Waals surface area (Å²) in [4.78, 5) is 15.8. The van der Waals surface area contributed by atoms with Crippen molar-refractivity contribution in [2.24, 2.45) is 4.99 Å². The molecule has 20 heavy (non-hydrogen) atoms. The van der Waals surface area contributed by atoms with Crippen molar-refractivity contribution in [2.45, 2.75) is 6.92 Å². The number of carbonyl (C=O) groups is 1. The van der Waals surface area contributed by atoms with Crippen molar-refractivity contribution in [3.63, 3.8) is 0 Å². The van der Waals surface area contributed by atoms with Gasteiger partial charge in [0.1, 0.15) is 11.8 Å². The van der Waals surface area contributed by atoms with E-state index in [-0.39, 0.29) is 23.0 Å². The summed E-state index contributed by atoms with van der Waals surface area (Å²) in [6.07, 6.45) is 0. The van der Waals surface area contributed by atoms with E-state index < -0.39 is 5.97 Å². The number of anilines is 1. The number of benzene rings is 1. The molecule has 102 valence electrons. The number of fused-ring (bicyclic) bond motifs is 1. The summed E-state index contributed by atoms with van der Waals surface area (Å²) in [6, 6.07) is 6.75. The molecule has 0 unspecified atom stereocenters. The smallest absolute Gasteiger partial charge is 0.351 e. The van der Waals surface area contributed by atoms with Gasteiger partial charge in [-0.3, -0.25) is 0 Å². The number of nitrogens with zero attached hydrogens (tertiary/aromatic N) is 2.